The molecule has 4 heterocycles. The first-order valence-corrected chi connectivity index (χ1v) is 9.49. The molecule has 26 heavy (non-hydrogen) atoms. The van der Waals surface area contributed by atoms with Crippen LogP contribution in [0.1, 0.15) is 36.8 Å². The van der Waals surface area contributed by atoms with Gasteiger partial charge in [0.15, 0.2) is 0 Å². The number of piperidine rings is 2. The van der Waals surface area contributed by atoms with Gasteiger partial charge in [-0.1, -0.05) is 0 Å². The van der Waals surface area contributed by atoms with Crippen LogP contribution < -0.4 is 0 Å². The lowest BCUT2D eigenvalue weighted by molar-refractivity contribution is -0.140. The Morgan fingerprint density at radius 1 is 1.08 bits per heavy atom. The van der Waals surface area contributed by atoms with Crippen LogP contribution in [-0.4, -0.2) is 50.1 Å². The minimum absolute atomic E-state index is 0.297. The van der Waals surface area contributed by atoms with Crippen LogP contribution >= 0.6 is 0 Å². The lowest BCUT2D eigenvalue weighted by Crippen LogP contribution is -2.51. The van der Waals surface area contributed by atoms with Gasteiger partial charge < -0.3 is 4.90 Å². The van der Waals surface area contributed by atoms with E-state index in [-0.39, 0.29) is 0 Å². The second-order valence-corrected chi connectivity index (χ2v) is 7.90. The summed E-state index contributed by atoms with van der Waals surface area (Å²) in [6.45, 7) is 4.79. The molecule has 2 aliphatic rings. The molecule has 138 valence electrons. The number of hydrogen-bond acceptors (Lipinski definition) is 4. The quantitative estimate of drug-likeness (QED) is 0.846. The highest BCUT2D eigenvalue weighted by atomic mass is 16.2. The average molecular weight is 353 g/mol. The molecule has 0 aliphatic carbocycles. The van der Waals surface area contributed by atoms with Gasteiger partial charge in [-0.25, -0.2) is 0 Å². The molecule has 2 aromatic rings. The van der Waals surface area contributed by atoms with Crippen molar-refractivity contribution in [1.29, 1.82) is 0 Å². The van der Waals surface area contributed by atoms with Gasteiger partial charge in [0.05, 0.1) is 6.20 Å². The molecule has 0 bridgehead atoms. The minimum atomic E-state index is 0.297. The highest BCUT2D eigenvalue weighted by Gasteiger charge is 2.40. The van der Waals surface area contributed by atoms with Crippen LogP contribution in [0.5, 0.6) is 0 Å². The Morgan fingerprint density at radius 3 is 2.54 bits per heavy atom. The molecule has 6 nitrogen and oxygen atoms in total. The van der Waals surface area contributed by atoms with Crippen LogP contribution in [0.25, 0.3) is 0 Å². The van der Waals surface area contributed by atoms with E-state index in [0.717, 1.165) is 32.6 Å². The first kappa shape index (κ1) is 17.2. The number of amides is 1. The summed E-state index contributed by atoms with van der Waals surface area (Å²) in [7, 11) is 1.96. The molecule has 2 aliphatic heterocycles. The summed E-state index contributed by atoms with van der Waals surface area (Å²) in [4.78, 5) is 21.1. The van der Waals surface area contributed by atoms with E-state index in [1.54, 1.807) is 12.4 Å². The molecule has 2 fully saturated rings. The van der Waals surface area contributed by atoms with Crippen molar-refractivity contribution < 1.29 is 4.79 Å². The van der Waals surface area contributed by atoms with Gasteiger partial charge in [-0.2, -0.15) is 5.10 Å². The van der Waals surface area contributed by atoms with E-state index in [4.69, 9.17) is 0 Å². The number of likely N-dealkylation sites (tertiary alicyclic amines) is 2. The second kappa shape index (κ2) is 7.19. The van der Waals surface area contributed by atoms with E-state index in [0.29, 0.717) is 24.3 Å². The van der Waals surface area contributed by atoms with E-state index < -0.39 is 0 Å². The molecular weight excluding hydrogens is 326 g/mol. The summed E-state index contributed by atoms with van der Waals surface area (Å²) in [5.41, 5.74) is 2.74. The SMILES string of the molecule is Cn1cc(CN2CCC3(CCC(=O)N(Cc4ccncc4)C3)CC2)cn1. The lowest BCUT2D eigenvalue weighted by Gasteiger charge is -2.47. The third-order valence-electron chi connectivity index (χ3n) is 5.95. The molecule has 2 aromatic heterocycles. The molecule has 6 heteroatoms. The molecule has 0 radical (unpaired) electrons. The molecular formula is C20H27N5O. The standard InChI is InChI=1S/C20H27N5O/c1-23-13-18(12-22-23)14-24-10-6-20(7-11-24)5-2-19(26)25(16-20)15-17-3-8-21-9-4-17/h3-4,8-9,12-13H,2,5-7,10-11,14-16H2,1H3. The molecule has 0 unspecified atom stereocenters. The van der Waals surface area contributed by atoms with Gasteiger partial charge in [0.25, 0.3) is 0 Å². The number of carbonyl (C=O) groups excluding carboxylic acids is 1. The fourth-order valence-electron chi connectivity index (χ4n) is 4.36. The fourth-order valence-corrected chi connectivity index (χ4v) is 4.36. The zero-order chi connectivity index (χ0) is 18.0. The summed E-state index contributed by atoms with van der Waals surface area (Å²) < 4.78 is 1.87. The summed E-state index contributed by atoms with van der Waals surface area (Å²) in [5.74, 6) is 0.297. The zero-order valence-corrected chi connectivity index (χ0v) is 15.5. The van der Waals surface area contributed by atoms with Crippen LogP contribution in [0.2, 0.25) is 0 Å². The largest absolute Gasteiger partial charge is 0.338 e. The van der Waals surface area contributed by atoms with E-state index in [9.17, 15) is 4.79 Å². The molecule has 1 amide bonds. The summed E-state index contributed by atoms with van der Waals surface area (Å²) >= 11 is 0. The Kier molecular flexibility index (Phi) is 4.76. The predicted molar refractivity (Wildman–Crippen MR) is 99.0 cm³/mol. The van der Waals surface area contributed by atoms with Crippen molar-refractivity contribution >= 4 is 5.91 Å². The Hall–Kier alpha value is -2.21. The molecule has 2 saturated heterocycles. The Bertz CT molecular complexity index is 749. The maximum Gasteiger partial charge on any atom is 0.222 e. The smallest absolute Gasteiger partial charge is 0.222 e. The third-order valence-corrected chi connectivity index (χ3v) is 5.95. The van der Waals surface area contributed by atoms with E-state index in [1.165, 1.54) is 24.0 Å². The van der Waals surface area contributed by atoms with E-state index in [1.807, 2.05) is 30.1 Å². The van der Waals surface area contributed by atoms with Crippen molar-refractivity contribution in [3.63, 3.8) is 0 Å². The second-order valence-electron chi connectivity index (χ2n) is 7.90. The Labute approximate surface area is 154 Å². The van der Waals surface area contributed by atoms with Crippen molar-refractivity contribution in [3.05, 3.63) is 48.0 Å². The molecule has 4 rings (SSSR count). The van der Waals surface area contributed by atoms with Crippen LogP contribution in [-0.2, 0) is 24.9 Å². The Balaban J connectivity index is 1.36. The van der Waals surface area contributed by atoms with Gasteiger partial charge in [-0.15, -0.1) is 0 Å². The maximum absolute atomic E-state index is 12.4. The molecule has 0 saturated carbocycles. The molecule has 0 aromatic carbocycles. The molecule has 0 atom stereocenters. The molecule has 1 spiro atoms. The number of rotatable bonds is 4. The highest BCUT2D eigenvalue weighted by molar-refractivity contribution is 5.77. The van der Waals surface area contributed by atoms with Crippen molar-refractivity contribution in [1.82, 2.24) is 24.6 Å². The topological polar surface area (TPSA) is 54.3 Å². The van der Waals surface area contributed by atoms with Gasteiger partial charge in [-0.3, -0.25) is 19.4 Å². The van der Waals surface area contributed by atoms with Crippen LogP contribution in [0.15, 0.2) is 36.9 Å². The summed E-state index contributed by atoms with van der Waals surface area (Å²) in [6, 6.07) is 4.01. The normalized spacial score (nSPS) is 20.7. The zero-order valence-electron chi connectivity index (χ0n) is 15.5. The van der Waals surface area contributed by atoms with Gasteiger partial charge in [0, 0.05) is 57.3 Å². The monoisotopic (exact) mass is 353 g/mol. The number of hydrogen-bond donors (Lipinski definition) is 0. The van der Waals surface area contributed by atoms with Crippen LogP contribution in [0.3, 0.4) is 0 Å². The first-order chi connectivity index (χ1) is 12.6. The van der Waals surface area contributed by atoms with Gasteiger partial charge >= 0.3 is 0 Å². The van der Waals surface area contributed by atoms with Crippen molar-refractivity contribution in [2.24, 2.45) is 12.5 Å². The lowest BCUT2D eigenvalue weighted by atomic mass is 9.72. The highest BCUT2D eigenvalue weighted by Crippen LogP contribution is 2.40. The van der Waals surface area contributed by atoms with Crippen LogP contribution in [0.4, 0.5) is 0 Å². The average Bonchev–Trinajstić information content (AvgIpc) is 3.06. The number of pyridine rings is 1. The van der Waals surface area contributed by atoms with Crippen molar-refractivity contribution in [3.8, 4) is 0 Å². The van der Waals surface area contributed by atoms with E-state index >= 15 is 0 Å². The number of carbonyl (C=O) groups is 1. The van der Waals surface area contributed by atoms with Gasteiger partial charge in [0.2, 0.25) is 5.91 Å². The van der Waals surface area contributed by atoms with E-state index in [2.05, 4.69) is 26.1 Å². The Morgan fingerprint density at radius 2 is 1.85 bits per heavy atom. The number of aryl methyl sites for hydroxylation is 1. The predicted octanol–water partition coefficient (Wildman–Crippen LogP) is 2.22. The van der Waals surface area contributed by atoms with Crippen molar-refractivity contribution in [2.45, 2.75) is 38.8 Å². The number of aromatic nitrogens is 3. The summed E-state index contributed by atoms with van der Waals surface area (Å²) in [6.07, 6.45) is 11.7. The van der Waals surface area contributed by atoms with Gasteiger partial charge in [-0.05, 0) is 55.5 Å². The molecule has 0 N–H and O–H groups in total. The number of nitrogens with zero attached hydrogens (tertiary/aromatic N) is 5. The van der Waals surface area contributed by atoms with Gasteiger partial charge in [0.1, 0.15) is 0 Å². The maximum atomic E-state index is 12.4. The minimum Gasteiger partial charge on any atom is -0.338 e. The fraction of sp³-hybridized carbons (Fsp3) is 0.550. The summed E-state index contributed by atoms with van der Waals surface area (Å²) in [5, 5.41) is 4.26. The third kappa shape index (κ3) is 3.80. The first-order valence-electron chi connectivity index (χ1n) is 9.49. The van der Waals surface area contributed by atoms with Crippen molar-refractivity contribution in [2.75, 3.05) is 19.6 Å². The van der Waals surface area contributed by atoms with Crippen LogP contribution in [0, 0.1) is 5.41 Å².